The molecule has 1 aromatic heterocycles. The summed E-state index contributed by atoms with van der Waals surface area (Å²) in [7, 11) is 0. The molecule has 114 valence electrons. The lowest BCUT2D eigenvalue weighted by atomic mass is 9.92. The van der Waals surface area contributed by atoms with Crippen molar-refractivity contribution in [1.82, 2.24) is 9.88 Å². The number of hydrogen-bond donors (Lipinski definition) is 0. The Morgan fingerprint density at radius 3 is 3.18 bits per heavy atom. The van der Waals surface area contributed by atoms with Gasteiger partial charge in [0.2, 0.25) is 0 Å². The van der Waals surface area contributed by atoms with Gasteiger partial charge in [0, 0.05) is 36.2 Å². The van der Waals surface area contributed by atoms with Crippen LogP contribution >= 0.6 is 0 Å². The van der Waals surface area contributed by atoms with Crippen molar-refractivity contribution in [1.29, 1.82) is 0 Å². The Hall–Kier alpha value is -1.94. The Kier molecular flexibility index (Phi) is 3.34. The van der Waals surface area contributed by atoms with Gasteiger partial charge in [-0.1, -0.05) is 6.07 Å². The Morgan fingerprint density at radius 2 is 2.27 bits per heavy atom. The Labute approximate surface area is 130 Å². The predicted octanol–water partition coefficient (Wildman–Crippen LogP) is 2.87. The summed E-state index contributed by atoms with van der Waals surface area (Å²) in [6.07, 6.45) is 4.47. The molecule has 0 N–H and O–H groups in total. The molecular weight excluding hydrogens is 276 g/mol. The van der Waals surface area contributed by atoms with Crippen LogP contribution in [0.3, 0.4) is 0 Å². The molecule has 2 aliphatic heterocycles. The van der Waals surface area contributed by atoms with Gasteiger partial charge in [0.25, 0.3) is 5.91 Å². The monoisotopic (exact) mass is 296 g/mol. The van der Waals surface area contributed by atoms with Gasteiger partial charge in [0.1, 0.15) is 0 Å². The summed E-state index contributed by atoms with van der Waals surface area (Å²) in [5.74, 6) is 0.624. The minimum atomic E-state index is 0.128. The predicted molar refractivity (Wildman–Crippen MR) is 84.7 cm³/mol. The average Bonchev–Trinajstić information content (AvgIpc) is 2.92. The van der Waals surface area contributed by atoms with E-state index in [2.05, 4.69) is 11.9 Å². The molecule has 3 heterocycles. The van der Waals surface area contributed by atoms with E-state index in [4.69, 9.17) is 4.74 Å². The van der Waals surface area contributed by atoms with Gasteiger partial charge >= 0.3 is 0 Å². The fourth-order valence-corrected chi connectivity index (χ4v) is 3.77. The number of amides is 1. The molecule has 1 amide bonds. The van der Waals surface area contributed by atoms with Crippen molar-refractivity contribution in [3.63, 3.8) is 0 Å². The summed E-state index contributed by atoms with van der Waals surface area (Å²) >= 11 is 0. The molecule has 0 aliphatic carbocycles. The number of likely N-dealkylation sites (tertiary alicyclic amines) is 1. The number of fused-ring (bicyclic) bond motifs is 2. The van der Waals surface area contributed by atoms with E-state index in [1.165, 1.54) is 0 Å². The first kappa shape index (κ1) is 13.7. The van der Waals surface area contributed by atoms with Gasteiger partial charge in [0.15, 0.2) is 0 Å². The van der Waals surface area contributed by atoms with Gasteiger partial charge in [-0.05, 0) is 44.0 Å². The van der Waals surface area contributed by atoms with Crippen LogP contribution < -0.4 is 0 Å². The number of pyridine rings is 1. The fourth-order valence-electron chi connectivity index (χ4n) is 3.77. The molecule has 4 rings (SSSR count). The van der Waals surface area contributed by atoms with E-state index < -0.39 is 0 Å². The maximum absolute atomic E-state index is 12.8. The van der Waals surface area contributed by atoms with Crippen molar-refractivity contribution in [3.8, 4) is 0 Å². The zero-order valence-corrected chi connectivity index (χ0v) is 12.7. The number of ether oxygens (including phenoxy) is 1. The molecule has 0 radical (unpaired) electrons. The van der Waals surface area contributed by atoms with Crippen LogP contribution in [0.25, 0.3) is 10.9 Å². The fraction of sp³-hybridized carbons (Fsp3) is 0.444. The van der Waals surface area contributed by atoms with Gasteiger partial charge in [-0.3, -0.25) is 9.78 Å². The van der Waals surface area contributed by atoms with Gasteiger partial charge in [-0.25, -0.2) is 0 Å². The molecule has 4 nitrogen and oxygen atoms in total. The minimum absolute atomic E-state index is 0.128. The molecule has 1 aromatic carbocycles. The third kappa shape index (κ3) is 2.37. The first-order valence-electron chi connectivity index (χ1n) is 8.00. The highest BCUT2D eigenvalue weighted by Crippen LogP contribution is 2.33. The SMILES string of the molecule is C[C@@H]1C[C@@H]2CN(C(=O)c3ccc4ncccc4c3)CC[C@@H]2O1. The maximum Gasteiger partial charge on any atom is 0.253 e. The van der Waals surface area contributed by atoms with Crippen molar-refractivity contribution in [2.75, 3.05) is 13.1 Å². The van der Waals surface area contributed by atoms with Crippen LogP contribution in [0.5, 0.6) is 0 Å². The van der Waals surface area contributed by atoms with Crippen LogP contribution in [-0.4, -0.2) is 41.1 Å². The van der Waals surface area contributed by atoms with Gasteiger partial charge in [-0.15, -0.1) is 0 Å². The second kappa shape index (κ2) is 5.36. The summed E-state index contributed by atoms with van der Waals surface area (Å²) < 4.78 is 5.91. The number of carbonyl (C=O) groups excluding carboxylic acids is 1. The third-order valence-corrected chi connectivity index (χ3v) is 4.84. The lowest BCUT2D eigenvalue weighted by Crippen LogP contribution is -2.44. The van der Waals surface area contributed by atoms with E-state index in [-0.39, 0.29) is 5.91 Å². The van der Waals surface area contributed by atoms with Crippen molar-refractivity contribution in [2.24, 2.45) is 5.92 Å². The zero-order chi connectivity index (χ0) is 15.1. The van der Waals surface area contributed by atoms with E-state index in [9.17, 15) is 4.79 Å². The van der Waals surface area contributed by atoms with Crippen LogP contribution in [0, 0.1) is 5.92 Å². The summed E-state index contributed by atoms with van der Waals surface area (Å²) in [6, 6.07) is 9.66. The van der Waals surface area contributed by atoms with E-state index >= 15 is 0 Å². The largest absolute Gasteiger partial charge is 0.375 e. The second-order valence-electron chi connectivity index (χ2n) is 6.43. The number of benzene rings is 1. The van der Waals surface area contributed by atoms with Gasteiger partial charge in [0.05, 0.1) is 17.7 Å². The highest BCUT2D eigenvalue weighted by atomic mass is 16.5. The molecule has 2 fully saturated rings. The summed E-state index contributed by atoms with van der Waals surface area (Å²) in [4.78, 5) is 19.1. The quantitative estimate of drug-likeness (QED) is 0.812. The van der Waals surface area contributed by atoms with Crippen LogP contribution in [-0.2, 0) is 4.74 Å². The summed E-state index contributed by atoms with van der Waals surface area (Å²) in [6.45, 7) is 3.73. The molecule has 2 aromatic rings. The topological polar surface area (TPSA) is 42.4 Å². The number of aromatic nitrogens is 1. The minimum Gasteiger partial charge on any atom is -0.375 e. The van der Waals surface area contributed by atoms with E-state index in [1.54, 1.807) is 6.20 Å². The maximum atomic E-state index is 12.8. The average molecular weight is 296 g/mol. The first-order valence-corrected chi connectivity index (χ1v) is 8.00. The molecule has 0 saturated carbocycles. The van der Waals surface area contributed by atoms with Crippen molar-refractivity contribution >= 4 is 16.8 Å². The molecule has 0 spiro atoms. The van der Waals surface area contributed by atoms with Crippen molar-refractivity contribution < 1.29 is 9.53 Å². The molecule has 4 heteroatoms. The van der Waals surface area contributed by atoms with Crippen LogP contribution in [0.15, 0.2) is 36.5 Å². The van der Waals surface area contributed by atoms with Gasteiger partial charge < -0.3 is 9.64 Å². The smallest absolute Gasteiger partial charge is 0.253 e. The van der Waals surface area contributed by atoms with E-state index in [0.29, 0.717) is 18.1 Å². The van der Waals surface area contributed by atoms with Crippen LogP contribution in [0.4, 0.5) is 0 Å². The molecule has 2 saturated heterocycles. The Bertz CT molecular complexity index is 715. The summed E-state index contributed by atoms with van der Waals surface area (Å²) in [5.41, 5.74) is 1.68. The second-order valence-corrected chi connectivity index (χ2v) is 6.43. The Balaban J connectivity index is 1.55. The highest BCUT2D eigenvalue weighted by molar-refractivity contribution is 5.98. The lowest BCUT2D eigenvalue weighted by Gasteiger charge is -2.34. The van der Waals surface area contributed by atoms with Crippen molar-refractivity contribution in [3.05, 3.63) is 42.1 Å². The molecule has 2 aliphatic rings. The van der Waals surface area contributed by atoms with Crippen LogP contribution in [0.1, 0.15) is 30.1 Å². The number of piperidine rings is 1. The number of hydrogen-bond acceptors (Lipinski definition) is 3. The van der Waals surface area contributed by atoms with E-state index in [1.807, 2.05) is 35.2 Å². The van der Waals surface area contributed by atoms with Crippen molar-refractivity contribution in [2.45, 2.75) is 32.0 Å². The molecule has 3 atom stereocenters. The number of nitrogens with zero attached hydrogens (tertiary/aromatic N) is 2. The molecule has 22 heavy (non-hydrogen) atoms. The molecule has 0 bridgehead atoms. The molecule has 0 unspecified atom stereocenters. The standard InChI is InChI=1S/C18H20N2O2/c1-12-9-15-11-20(8-6-17(15)22-12)18(21)14-4-5-16-13(10-14)3-2-7-19-16/h2-5,7,10,12,15,17H,6,8-9,11H2,1H3/t12-,15-,17+/m1/s1. The summed E-state index contributed by atoms with van der Waals surface area (Å²) in [5, 5.41) is 1.01. The Morgan fingerprint density at radius 1 is 1.36 bits per heavy atom. The molecular formula is C18H20N2O2. The first-order chi connectivity index (χ1) is 10.7. The van der Waals surface area contributed by atoms with E-state index in [0.717, 1.165) is 42.4 Å². The van der Waals surface area contributed by atoms with Gasteiger partial charge in [-0.2, -0.15) is 0 Å². The lowest BCUT2D eigenvalue weighted by molar-refractivity contribution is 0.00865. The number of carbonyl (C=O) groups is 1. The zero-order valence-electron chi connectivity index (χ0n) is 12.7. The third-order valence-electron chi connectivity index (χ3n) is 4.84. The highest BCUT2D eigenvalue weighted by Gasteiger charge is 2.38. The number of rotatable bonds is 1. The normalized spacial score (nSPS) is 27.9. The van der Waals surface area contributed by atoms with Crippen LogP contribution in [0.2, 0.25) is 0 Å².